The van der Waals surface area contributed by atoms with Crippen molar-refractivity contribution >= 4 is 33.7 Å². The van der Waals surface area contributed by atoms with E-state index in [1.807, 2.05) is 0 Å². The van der Waals surface area contributed by atoms with Crippen molar-refractivity contribution in [2.75, 3.05) is 59.8 Å². The number of carbonyl (C=O) groups excluding carboxylic acids is 3. The molecule has 50 heavy (non-hydrogen) atoms. The van der Waals surface area contributed by atoms with Crippen molar-refractivity contribution < 1.29 is 56.9 Å². The molecule has 1 atom stereocenters. The van der Waals surface area contributed by atoms with Gasteiger partial charge >= 0.3 is 5.97 Å². The third-order valence-electron chi connectivity index (χ3n) is 7.18. The lowest BCUT2D eigenvalue weighted by atomic mass is 10.0. The molecule has 2 aromatic rings. The molecule has 1 unspecified atom stereocenters. The minimum atomic E-state index is -4.22. The van der Waals surface area contributed by atoms with Gasteiger partial charge in [0.1, 0.15) is 11.8 Å². The molecular weight excluding hydrogens is 676 g/mol. The van der Waals surface area contributed by atoms with Crippen molar-refractivity contribution in [3.05, 3.63) is 59.7 Å². The molecule has 0 radical (unpaired) electrons. The highest BCUT2D eigenvalue weighted by molar-refractivity contribution is 7.89. The maximum Gasteiger partial charge on any atom is 0.303 e. The number of ether oxygens (including phenoxy) is 4. The molecule has 3 amide bonds. The number of amides is 3. The smallest absolute Gasteiger partial charge is 0.303 e. The summed E-state index contributed by atoms with van der Waals surface area (Å²) in [6.07, 6.45) is 0.403. The lowest BCUT2D eigenvalue weighted by molar-refractivity contribution is -0.137. The maximum absolute atomic E-state index is 13.7. The van der Waals surface area contributed by atoms with E-state index in [1.54, 1.807) is 43.6 Å². The van der Waals surface area contributed by atoms with E-state index >= 15 is 0 Å². The van der Waals surface area contributed by atoms with Gasteiger partial charge in [-0.25, -0.2) is 13.9 Å². The van der Waals surface area contributed by atoms with Crippen LogP contribution in [-0.4, -0.2) is 113 Å². The van der Waals surface area contributed by atoms with Crippen LogP contribution in [0, 0.1) is 5.92 Å². The summed E-state index contributed by atoms with van der Waals surface area (Å²) < 4.78 is 49.9. The molecule has 0 aromatic heterocycles. The number of aliphatic carboxylic acids is 1. The molecule has 17 heteroatoms. The first-order valence-corrected chi connectivity index (χ1v) is 17.5. The van der Waals surface area contributed by atoms with E-state index in [2.05, 4.69) is 10.6 Å². The fourth-order valence-corrected chi connectivity index (χ4v) is 6.33. The Labute approximate surface area is 292 Å². The average molecular weight is 725 g/mol. The molecule has 0 fully saturated rings. The molecule has 0 aliphatic heterocycles. The Kier molecular flexibility index (Phi) is 19.0. The number of carboxylic acid groups (broad SMARTS) is 1. The molecule has 0 saturated heterocycles. The highest BCUT2D eigenvalue weighted by Crippen LogP contribution is 2.26. The van der Waals surface area contributed by atoms with Crippen molar-refractivity contribution in [2.24, 2.45) is 5.92 Å². The first-order valence-electron chi connectivity index (χ1n) is 16.1. The summed E-state index contributed by atoms with van der Waals surface area (Å²) in [7, 11) is -2.76. The van der Waals surface area contributed by atoms with E-state index in [0.29, 0.717) is 62.9 Å². The van der Waals surface area contributed by atoms with Crippen molar-refractivity contribution in [1.29, 1.82) is 0 Å². The second-order valence-corrected chi connectivity index (χ2v) is 13.2. The minimum Gasteiger partial charge on any atom is -0.497 e. The third-order valence-corrected chi connectivity index (χ3v) is 9.02. The number of hydrogen-bond donors (Lipinski definition) is 5. The Bertz CT molecular complexity index is 1450. The van der Waals surface area contributed by atoms with Gasteiger partial charge in [0, 0.05) is 38.0 Å². The van der Waals surface area contributed by atoms with E-state index in [1.165, 1.54) is 31.4 Å². The van der Waals surface area contributed by atoms with Crippen molar-refractivity contribution in [2.45, 2.75) is 50.6 Å². The third kappa shape index (κ3) is 14.8. The molecule has 0 aliphatic rings. The molecule has 2 aromatic carbocycles. The molecule has 2 rings (SSSR count). The minimum absolute atomic E-state index is 0.0438. The number of rotatable bonds is 25. The first-order chi connectivity index (χ1) is 23.9. The van der Waals surface area contributed by atoms with E-state index in [0.717, 1.165) is 4.31 Å². The summed E-state index contributed by atoms with van der Waals surface area (Å²) in [6.45, 7) is 5.54. The SMILES string of the molecule is COc1ccc(S(=O)(=O)N(Cc2ccc(C(=O)NCCOCCOCCOCCNC(=O)CCCC(=O)O)cc2)C(C(=O)NO)C(C)C)cc1. The number of nitrogens with zero attached hydrogens (tertiary/aromatic N) is 1. The number of benzene rings is 2. The van der Waals surface area contributed by atoms with Gasteiger partial charge in [-0.05, 0) is 54.3 Å². The van der Waals surface area contributed by atoms with Crippen LogP contribution >= 0.6 is 0 Å². The predicted octanol–water partition coefficient (Wildman–Crippen LogP) is 1.57. The molecule has 0 bridgehead atoms. The number of hydrogen-bond acceptors (Lipinski definition) is 11. The van der Waals surface area contributed by atoms with Gasteiger partial charge in [0.2, 0.25) is 15.9 Å². The van der Waals surface area contributed by atoms with Gasteiger partial charge in [-0.2, -0.15) is 4.31 Å². The lowest BCUT2D eigenvalue weighted by Crippen LogP contribution is -2.51. The molecule has 0 heterocycles. The van der Waals surface area contributed by atoms with E-state index < -0.39 is 33.9 Å². The van der Waals surface area contributed by atoms with Gasteiger partial charge in [-0.15, -0.1) is 0 Å². The number of carbonyl (C=O) groups is 4. The molecule has 5 N–H and O–H groups in total. The molecule has 278 valence electrons. The van der Waals surface area contributed by atoms with Crippen molar-refractivity contribution in [3.8, 4) is 5.75 Å². The maximum atomic E-state index is 13.7. The molecule has 0 spiro atoms. The number of nitrogens with one attached hydrogen (secondary N) is 3. The fourth-order valence-electron chi connectivity index (χ4n) is 4.62. The van der Waals surface area contributed by atoms with E-state index in [9.17, 15) is 32.8 Å². The van der Waals surface area contributed by atoms with Crippen LogP contribution in [0.5, 0.6) is 5.75 Å². The predicted molar refractivity (Wildman–Crippen MR) is 180 cm³/mol. The average Bonchev–Trinajstić information content (AvgIpc) is 3.09. The second-order valence-electron chi connectivity index (χ2n) is 11.3. The number of methoxy groups -OCH3 is 1. The fraction of sp³-hybridized carbons (Fsp3) is 0.515. The summed E-state index contributed by atoms with van der Waals surface area (Å²) in [5, 5.41) is 23.3. The lowest BCUT2D eigenvalue weighted by Gasteiger charge is -2.32. The molecule has 0 aliphatic carbocycles. The van der Waals surface area contributed by atoms with Gasteiger partial charge in [0.15, 0.2) is 0 Å². The van der Waals surface area contributed by atoms with E-state index in [-0.39, 0.29) is 49.2 Å². The zero-order valence-corrected chi connectivity index (χ0v) is 29.4. The Morgan fingerprint density at radius 3 is 1.88 bits per heavy atom. The van der Waals surface area contributed by atoms with Crippen LogP contribution < -0.4 is 20.9 Å². The van der Waals surface area contributed by atoms with Gasteiger partial charge in [-0.1, -0.05) is 26.0 Å². The van der Waals surface area contributed by atoms with E-state index in [4.69, 9.17) is 24.1 Å². The van der Waals surface area contributed by atoms with Crippen LogP contribution in [0.15, 0.2) is 53.4 Å². The van der Waals surface area contributed by atoms with Crippen molar-refractivity contribution in [3.63, 3.8) is 0 Å². The van der Waals surface area contributed by atoms with Crippen LogP contribution in [-0.2, 0) is 45.2 Å². The Morgan fingerprint density at radius 2 is 1.36 bits per heavy atom. The highest BCUT2D eigenvalue weighted by atomic mass is 32.2. The zero-order chi connectivity index (χ0) is 36.9. The van der Waals surface area contributed by atoms with Gasteiger partial charge in [0.25, 0.3) is 11.8 Å². The molecule has 16 nitrogen and oxygen atoms in total. The zero-order valence-electron chi connectivity index (χ0n) is 28.6. The van der Waals surface area contributed by atoms with Crippen molar-refractivity contribution in [1.82, 2.24) is 20.4 Å². The number of carboxylic acids is 1. The Morgan fingerprint density at radius 1 is 0.800 bits per heavy atom. The van der Waals surface area contributed by atoms with Gasteiger partial charge in [-0.3, -0.25) is 24.4 Å². The van der Waals surface area contributed by atoms with Crippen LogP contribution in [0.2, 0.25) is 0 Å². The highest BCUT2D eigenvalue weighted by Gasteiger charge is 2.38. The Balaban J connectivity index is 1.75. The molecule has 0 saturated carbocycles. The quantitative estimate of drug-likeness (QED) is 0.0560. The topological polar surface area (TPSA) is 219 Å². The monoisotopic (exact) mass is 724 g/mol. The summed E-state index contributed by atoms with van der Waals surface area (Å²) in [6, 6.07) is 10.8. The Hall–Kier alpha value is -4.13. The number of sulfonamides is 1. The van der Waals surface area contributed by atoms with Crippen LogP contribution in [0.3, 0.4) is 0 Å². The summed E-state index contributed by atoms with van der Waals surface area (Å²) in [5.74, 6) is -2.41. The largest absolute Gasteiger partial charge is 0.497 e. The van der Waals surface area contributed by atoms with Gasteiger partial charge < -0.3 is 34.7 Å². The van der Waals surface area contributed by atoms with Crippen LogP contribution in [0.4, 0.5) is 0 Å². The molecular formula is C33H48N4O12S. The summed E-state index contributed by atoms with van der Waals surface area (Å²) >= 11 is 0. The van der Waals surface area contributed by atoms with Crippen LogP contribution in [0.25, 0.3) is 0 Å². The standard InChI is InChI=1S/C33H48N4O12S/c1-24(2)31(33(42)36-43)37(50(44,45)28-13-11-27(46-3)12-14-28)23-25-7-9-26(10-8-25)32(41)35-16-18-48-20-22-49-21-19-47-17-15-34-29(38)5-4-6-30(39)40/h7-14,24,31,43H,4-6,15-23H2,1-3H3,(H,34,38)(H,35,41)(H,36,42)(H,39,40). The summed E-state index contributed by atoms with van der Waals surface area (Å²) in [4.78, 5) is 47.2. The summed E-state index contributed by atoms with van der Waals surface area (Å²) in [5.41, 5.74) is 2.43. The van der Waals surface area contributed by atoms with Crippen LogP contribution in [0.1, 0.15) is 49.0 Å². The van der Waals surface area contributed by atoms with Gasteiger partial charge in [0.05, 0.1) is 51.6 Å². The number of hydroxylamine groups is 1. The second kappa shape index (κ2) is 22.6. The first kappa shape index (κ1) is 42.0. The normalized spacial score (nSPS) is 12.0.